The number of fused-ring (bicyclic) bond motifs is 13. The second-order valence-electron chi connectivity index (χ2n) is 20.6. The first kappa shape index (κ1) is 46.4. The van der Waals surface area contributed by atoms with Crippen molar-refractivity contribution in [2.45, 2.75) is 19.6 Å². The highest BCUT2D eigenvalue weighted by atomic mass is 32.2. The van der Waals surface area contributed by atoms with Crippen LogP contribution < -0.4 is 9.80 Å². The highest BCUT2D eigenvalue weighted by Gasteiger charge is 2.33. The van der Waals surface area contributed by atoms with Crippen molar-refractivity contribution in [3.63, 3.8) is 0 Å². The Balaban J connectivity index is 0.958. The van der Waals surface area contributed by atoms with E-state index in [9.17, 15) is 8.42 Å². The minimum Gasteiger partial charge on any atom is -0.309 e. The maximum Gasteiger partial charge on any atom is 0.0868 e. The number of hydrogen-bond acceptors (Lipinski definition) is 4. The molecule has 0 spiro atoms. The van der Waals surface area contributed by atoms with Gasteiger partial charge in [0.2, 0.25) is 0 Å². The smallest absolute Gasteiger partial charge is 0.0868 e. The Morgan fingerprint density at radius 1 is 0.250 bits per heavy atom. The van der Waals surface area contributed by atoms with Crippen LogP contribution in [0.25, 0.3) is 98.4 Å². The molecule has 0 aliphatic carbocycles. The summed E-state index contributed by atoms with van der Waals surface area (Å²) in [5.41, 5.74) is 14.0. The Labute approximate surface area is 468 Å². The first-order chi connectivity index (χ1) is 39.6. The Morgan fingerprint density at radius 3 is 1.06 bits per heavy atom. The lowest BCUT2D eigenvalue weighted by Gasteiger charge is -2.31. The fourth-order valence-electron chi connectivity index (χ4n) is 12.8. The summed E-state index contributed by atoms with van der Waals surface area (Å²) in [6, 6.07) is 98.9. The number of nitrogens with zero attached hydrogens (tertiary/aromatic N) is 2. The van der Waals surface area contributed by atoms with Gasteiger partial charge in [-0.05, 0) is 115 Å². The average Bonchev–Trinajstić information content (AvgIpc) is 4.08. The quantitative estimate of drug-likeness (QED) is 0.142. The maximum atomic E-state index is 14.7. The lowest BCUT2D eigenvalue weighted by molar-refractivity contribution is 0.684. The molecule has 2 aliphatic rings. The molecule has 14 aromatic rings. The molecule has 0 N–H and O–H groups in total. The van der Waals surface area contributed by atoms with E-state index in [0.29, 0.717) is 0 Å². The Hall–Kier alpha value is -9.72. The van der Waals surface area contributed by atoms with Crippen molar-refractivity contribution in [1.29, 1.82) is 0 Å². The molecule has 2 heterocycles. The fraction of sp³-hybridized carbons (Fsp3) is 0. The van der Waals surface area contributed by atoms with Gasteiger partial charge in [-0.1, -0.05) is 218 Å². The standard InChI is InChI=1S/C74H46N2O2S2/c77-79-70-41-39-52(45-64(70)62-35-17-33-56(73(62)79)49-19-3-1-4-20-49)75(66-37-15-25-47-23-7-9-27-54(47)66)68-43-51-44-69(59-30-12-14-32-61(59)72(51)60-31-13-11-29-58(60)68)76(67-38-16-26-48-24-8-10-28-55(48)67)53-40-42-71-65(46-53)63-36-18-34-57(74(63)80(71)78)50-21-5-2-6-22-50/h1-46H. The molecule has 4 nitrogen and oxygen atoms in total. The van der Waals surface area contributed by atoms with E-state index in [2.05, 4.69) is 252 Å². The largest absolute Gasteiger partial charge is 0.309 e. The summed E-state index contributed by atoms with van der Waals surface area (Å²) in [5.74, 6) is 0. The molecule has 0 bridgehead atoms. The van der Waals surface area contributed by atoms with Gasteiger partial charge in [0.15, 0.2) is 0 Å². The van der Waals surface area contributed by atoms with Crippen LogP contribution in [0.5, 0.6) is 0 Å². The van der Waals surface area contributed by atoms with E-state index in [1.54, 1.807) is 0 Å². The second-order valence-corrected chi connectivity index (χ2v) is 23.4. The van der Waals surface area contributed by atoms with Crippen LogP contribution in [0.3, 0.4) is 0 Å². The summed E-state index contributed by atoms with van der Waals surface area (Å²) in [6.45, 7) is 0. The molecule has 16 rings (SSSR count). The summed E-state index contributed by atoms with van der Waals surface area (Å²) in [4.78, 5) is 8.18. The van der Waals surface area contributed by atoms with Crippen molar-refractivity contribution in [1.82, 2.24) is 0 Å². The second kappa shape index (κ2) is 18.5. The summed E-state index contributed by atoms with van der Waals surface area (Å²) >= 11 is 0. The monoisotopic (exact) mass is 1060 g/mol. The molecule has 14 aromatic carbocycles. The van der Waals surface area contributed by atoms with E-state index in [-0.39, 0.29) is 0 Å². The van der Waals surface area contributed by atoms with Crippen molar-refractivity contribution in [3.8, 4) is 44.5 Å². The van der Waals surface area contributed by atoms with Gasteiger partial charge < -0.3 is 9.80 Å². The van der Waals surface area contributed by atoms with Crippen molar-refractivity contribution in [2.24, 2.45) is 0 Å². The van der Waals surface area contributed by atoms with Gasteiger partial charge in [0, 0.05) is 55.2 Å². The lowest BCUT2D eigenvalue weighted by Crippen LogP contribution is -2.13. The normalized spacial score (nSPS) is 14.1. The molecule has 0 radical (unpaired) electrons. The van der Waals surface area contributed by atoms with E-state index in [1.165, 1.54) is 0 Å². The van der Waals surface area contributed by atoms with Gasteiger partial charge in [-0.3, -0.25) is 0 Å². The molecule has 0 saturated carbocycles. The molecule has 0 saturated heterocycles. The van der Waals surface area contributed by atoms with Gasteiger partial charge in [-0.2, -0.15) is 0 Å². The molecule has 2 unspecified atom stereocenters. The zero-order valence-electron chi connectivity index (χ0n) is 43.1. The third-order valence-electron chi connectivity index (χ3n) is 16.3. The maximum absolute atomic E-state index is 14.7. The third kappa shape index (κ3) is 7.12. The van der Waals surface area contributed by atoms with Gasteiger partial charge >= 0.3 is 0 Å². The van der Waals surface area contributed by atoms with Crippen molar-refractivity contribution in [3.05, 3.63) is 279 Å². The molecule has 376 valence electrons. The third-order valence-corrected chi connectivity index (χ3v) is 19.4. The predicted octanol–water partition coefficient (Wildman–Crippen LogP) is 20.0. The van der Waals surface area contributed by atoms with Crippen LogP contribution in [0.4, 0.5) is 34.1 Å². The van der Waals surface area contributed by atoms with Crippen LogP contribution in [0, 0.1) is 0 Å². The zero-order chi connectivity index (χ0) is 53.0. The van der Waals surface area contributed by atoms with Crippen molar-refractivity contribution < 1.29 is 8.42 Å². The molecule has 0 fully saturated rings. The molecule has 0 aromatic heterocycles. The van der Waals surface area contributed by atoms with Gasteiger partial charge in [0.25, 0.3) is 0 Å². The summed E-state index contributed by atoms with van der Waals surface area (Å²) in [5, 5.41) is 11.2. The fourth-order valence-corrected chi connectivity index (χ4v) is 15.9. The van der Waals surface area contributed by atoms with Gasteiger partial charge in [0.1, 0.15) is 0 Å². The molecule has 80 heavy (non-hydrogen) atoms. The molecule has 2 atom stereocenters. The summed E-state index contributed by atoms with van der Waals surface area (Å²) in [6.07, 6.45) is 0. The number of benzene rings is 14. The average molecular weight is 1060 g/mol. The van der Waals surface area contributed by atoms with Crippen LogP contribution in [-0.4, -0.2) is 8.42 Å². The summed E-state index contributed by atoms with van der Waals surface area (Å²) in [7, 11) is -2.76. The molecule has 0 amide bonds. The lowest BCUT2D eigenvalue weighted by atomic mass is 9.92. The minimum absolute atomic E-state index is 0.816. The van der Waals surface area contributed by atoms with Crippen LogP contribution in [0.1, 0.15) is 0 Å². The number of hydrogen-bond donors (Lipinski definition) is 0. The molecular formula is C74H46N2O2S2. The first-order valence-electron chi connectivity index (χ1n) is 27.0. The van der Waals surface area contributed by atoms with Crippen LogP contribution in [0.2, 0.25) is 0 Å². The summed E-state index contributed by atoms with van der Waals surface area (Å²) < 4.78 is 29.5. The molecule has 6 heteroatoms. The molecule has 2 aliphatic heterocycles. The van der Waals surface area contributed by atoms with E-state index in [4.69, 9.17) is 0 Å². The van der Waals surface area contributed by atoms with E-state index in [0.717, 1.165) is 152 Å². The Kier molecular flexibility index (Phi) is 10.7. The van der Waals surface area contributed by atoms with Crippen molar-refractivity contribution >= 4 is 110 Å². The van der Waals surface area contributed by atoms with Gasteiger partial charge in [-0.15, -0.1) is 0 Å². The van der Waals surface area contributed by atoms with E-state index < -0.39 is 21.6 Å². The van der Waals surface area contributed by atoms with E-state index >= 15 is 0 Å². The Morgan fingerprint density at radius 2 is 0.613 bits per heavy atom. The zero-order valence-corrected chi connectivity index (χ0v) is 44.7. The highest BCUT2D eigenvalue weighted by molar-refractivity contribution is 7.86. The van der Waals surface area contributed by atoms with Gasteiger partial charge in [0.05, 0.1) is 63.9 Å². The minimum atomic E-state index is -1.38. The highest BCUT2D eigenvalue weighted by Crippen LogP contribution is 2.54. The topological polar surface area (TPSA) is 40.6 Å². The first-order valence-corrected chi connectivity index (χ1v) is 29.3. The van der Waals surface area contributed by atoms with Crippen LogP contribution >= 0.6 is 0 Å². The SMILES string of the molecule is O=S1c2ccc(N(c3cccc4ccccc34)c3cc4cc(N(c5ccc6c(c5)-c5cccc(-c7ccccc7)c5S6=O)c5cccc6ccccc56)c5ccccc5c4c4ccccc34)cc2-c2cccc(-c3ccccc3)c21. The number of rotatable bonds is 8. The number of anilines is 6. The molecular weight excluding hydrogens is 1010 g/mol. The Bertz CT molecular complexity index is 4640. The predicted molar refractivity (Wildman–Crippen MR) is 334 cm³/mol. The van der Waals surface area contributed by atoms with Crippen LogP contribution in [0.15, 0.2) is 299 Å². The van der Waals surface area contributed by atoms with Gasteiger partial charge in [-0.25, -0.2) is 8.42 Å². The van der Waals surface area contributed by atoms with Crippen molar-refractivity contribution in [2.75, 3.05) is 9.80 Å². The van der Waals surface area contributed by atoms with Crippen LogP contribution in [-0.2, 0) is 21.6 Å². The van der Waals surface area contributed by atoms with E-state index in [1.807, 2.05) is 36.4 Å².